The molecule has 5 heteroatoms. The first kappa shape index (κ1) is 30.4. The van der Waals surface area contributed by atoms with Gasteiger partial charge in [0.2, 0.25) is 0 Å². The van der Waals surface area contributed by atoms with Gasteiger partial charge in [0.05, 0.1) is 0 Å². The molecule has 2 heterocycles. The SMILES string of the molecule is CC(C)(C)c1ccc(-c2nc(-c3ccc(C(C)(C)C)cc3)nc(-c3cc[c-]c(-c4cc5ccccc5cn4)c3)n2)cc1.[Ir]. The summed E-state index contributed by atoms with van der Waals surface area (Å²) in [5.74, 6) is 1.91. The fourth-order valence-electron chi connectivity index (χ4n) is 4.99. The van der Waals surface area contributed by atoms with Gasteiger partial charge in [0, 0.05) is 37.4 Å². The van der Waals surface area contributed by atoms with Gasteiger partial charge in [-0.1, -0.05) is 126 Å². The van der Waals surface area contributed by atoms with Crippen molar-refractivity contribution in [3.8, 4) is 45.4 Å². The minimum Gasteiger partial charge on any atom is -0.304 e. The molecule has 0 spiro atoms. The van der Waals surface area contributed by atoms with Crippen molar-refractivity contribution in [1.29, 1.82) is 0 Å². The van der Waals surface area contributed by atoms with E-state index in [-0.39, 0.29) is 30.9 Å². The quantitative estimate of drug-likeness (QED) is 0.169. The van der Waals surface area contributed by atoms with Crippen LogP contribution in [0.5, 0.6) is 0 Å². The van der Waals surface area contributed by atoms with Crippen LogP contribution in [-0.4, -0.2) is 19.9 Å². The molecule has 6 rings (SSSR count). The number of hydrogen-bond acceptors (Lipinski definition) is 4. The van der Waals surface area contributed by atoms with E-state index in [4.69, 9.17) is 19.9 Å². The molecular formula is C38H35IrN4-. The standard InChI is InChI=1S/C38H35N4.Ir/c1-37(2,3)31-18-14-25(15-19-31)34-40-35(26-16-20-32(21-17-26)38(4,5)6)42-36(41-34)29-13-9-12-28(22-29)33-23-27-10-7-8-11-30(27)24-39-33;/h7-11,13-24H,1-6H3;/q-1;. The Morgan fingerprint density at radius 3 is 1.53 bits per heavy atom. The zero-order valence-corrected chi connectivity index (χ0v) is 27.8. The van der Waals surface area contributed by atoms with Gasteiger partial charge >= 0.3 is 0 Å². The second-order valence-electron chi connectivity index (χ2n) is 12.9. The van der Waals surface area contributed by atoms with Crippen molar-refractivity contribution in [2.45, 2.75) is 52.4 Å². The van der Waals surface area contributed by atoms with Gasteiger partial charge in [-0.05, 0) is 38.4 Å². The number of hydrogen-bond donors (Lipinski definition) is 0. The fraction of sp³-hybridized carbons (Fsp3) is 0.211. The molecule has 0 amide bonds. The molecule has 0 bridgehead atoms. The van der Waals surface area contributed by atoms with E-state index in [1.807, 2.05) is 30.5 Å². The van der Waals surface area contributed by atoms with E-state index in [0.717, 1.165) is 38.7 Å². The molecule has 0 saturated heterocycles. The van der Waals surface area contributed by atoms with Crippen LogP contribution in [0.1, 0.15) is 52.7 Å². The average Bonchev–Trinajstić information content (AvgIpc) is 3.00. The molecule has 0 N–H and O–H groups in total. The van der Waals surface area contributed by atoms with Gasteiger partial charge in [-0.3, -0.25) is 0 Å². The summed E-state index contributed by atoms with van der Waals surface area (Å²) in [4.78, 5) is 19.6. The van der Waals surface area contributed by atoms with Gasteiger partial charge in [0.25, 0.3) is 0 Å². The van der Waals surface area contributed by atoms with Gasteiger partial charge in [-0.15, -0.1) is 29.8 Å². The van der Waals surface area contributed by atoms with E-state index >= 15 is 0 Å². The van der Waals surface area contributed by atoms with Crippen molar-refractivity contribution in [3.63, 3.8) is 0 Å². The second kappa shape index (κ2) is 11.9. The number of rotatable bonds is 4. The Hall–Kier alpha value is -4.05. The van der Waals surface area contributed by atoms with Crippen molar-refractivity contribution in [3.05, 3.63) is 120 Å². The van der Waals surface area contributed by atoms with Crippen LogP contribution in [-0.2, 0) is 30.9 Å². The molecule has 0 fully saturated rings. The van der Waals surface area contributed by atoms with Gasteiger partial charge in [0.1, 0.15) is 5.82 Å². The van der Waals surface area contributed by atoms with E-state index in [9.17, 15) is 0 Å². The van der Waals surface area contributed by atoms with Crippen LogP contribution in [0.4, 0.5) is 0 Å². The van der Waals surface area contributed by atoms with Crippen molar-refractivity contribution in [1.82, 2.24) is 19.9 Å². The normalized spacial score (nSPS) is 11.8. The Kier molecular flexibility index (Phi) is 8.42. The van der Waals surface area contributed by atoms with E-state index in [1.54, 1.807) is 0 Å². The molecule has 0 aliphatic heterocycles. The number of aromatic nitrogens is 4. The summed E-state index contributed by atoms with van der Waals surface area (Å²) >= 11 is 0. The predicted octanol–water partition coefficient (Wildman–Crippen LogP) is 9.48. The third-order valence-electron chi connectivity index (χ3n) is 7.62. The van der Waals surface area contributed by atoms with Gasteiger partial charge in [0.15, 0.2) is 11.6 Å². The van der Waals surface area contributed by atoms with Crippen LogP contribution in [0.2, 0.25) is 0 Å². The molecule has 1 radical (unpaired) electrons. The Morgan fingerprint density at radius 1 is 0.535 bits per heavy atom. The molecular weight excluding hydrogens is 705 g/mol. The summed E-state index contributed by atoms with van der Waals surface area (Å²) in [5.41, 5.74) is 7.23. The Morgan fingerprint density at radius 2 is 1.02 bits per heavy atom. The summed E-state index contributed by atoms with van der Waals surface area (Å²) in [7, 11) is 0. The van der Waals surface area contributed by atoms with Crippen LogP contribution >= 0.6 is 0 Å². The van der Waals surface area contributed by atoms with Crippen LogP contribution in [0.15, 0.2) is 103 Å². The number of nitrogens with zero attached hydrogens (tertiary/aromatic N) is 4. The summed E-state index contributed by atoms with van der Waals surface area (Å²) in [6.45, 7) is 13.3. The van der Waals surface area contributed by atoms with Crippen LogP contribution in [0.3, 0.4) is 0 Å². The van der Waals surface area contributed by atoms with E-state index < -0.39 is 0 Å². The first-order valence-corrected chi connectivity index (χ1v) is 14.4. The Balaban J connectivity index is 0.00000368. The minimum absolute atomic E-state index is 0. The summed E-state index contributed by atoms with van der Waals surface area (Å²) in [6, 6.07) is 36.8. The van der Waals surface area contributed by atoms with Crippen molar-refractivity contribution < 1.29 is 20.1 Å². The third-order valence-corrected chi connectivity index (χ3v) is 7.62. The van der Waals surface area contributed by atoms with E-state index in [1.165, 1.54) is 11.1 Å². The maximum absolute atomic E-state index is 4.98. The molecule has 43 heavy (non-hydrogen) atoms. The van der Waals surface area contributed by atoms with Crippen molar-refractivity contribution in [2.75, 3.05) is 0 Å². The van der Waals surface area contributed by atoms with Crippen LogP contribution in [0, 0.1) is 6.07 Å². The zero-order valence-electron chi connectivity index (χ0n) is 25.4. The minimum atomic E-state index is 0. The number of pyridine rings is 1. The van der Waals surface area contributed by atoms with Crippen LogP contribution < -0.4 is 0 Å². The summed E-state index contributed by atoms with van der Waals surface area (Å²) in [5, 5.41) is 2.25. The fourth-order valence-corrected chi connectivity index (χ4v) is 4.99. The topological polar surface area (TPSA) is 51.6 Å². The molecule has 0 atom stereocenters. The smallest absolute Gasteiger partial charge is 0.164 e. The summed E-state index contributed by atoms with van der Waals surface area (Å²) < 4.78 is 0. The molecule has 4 aromatic carbocycles. The van der Waals surface area contributed by atoms with E-state index in [2.05, 4.69) is 120 Å². The zero-order chi connectivity index (χ0) is 29.5. The third kappa shape index (κ3) is 6.64. The average molecular weight is 740 g/mol. The first-order chi connectivity index (χ1) is 20.0. The predicted molar refractivity (Wildman–Crippen MR) is 173 cm³/mol. The van der Waals surface area contributed by atoms with Gasteiger partial charge < -0.3 is 4.98 Å². The first-order valence-electron chi connectivity index (χ1n) is 14.4. The molecule has 0 aliphatic rings. The van der Waals surface area contributed by atoms with Crippen molar-refractivity contribution in [2.24, 2.45) is 0 Å². The number of benzene rings is 4. The van der Waals surface area contributed by atoms with Crippen molar-refractivity contribution >= 4 is 10.8 Å². The largest absolute Gasteiger partial charge is 0.304 e. The number of fused-ring (bicyclic) bond motifs is 1. The maximum Gasteiger partial charge on any atom is 0.164 e. The molecule has 217 valence electrons. The molecule has 2 aromatic heterocycles. The van der Waals surface area contributed by atoms with Crippen LogP contribution in [0.25, 0.3) is 56.2 Å². The van der Waals surface area contributed by atoms with Gasteiger partial charge in [-0.25, -0.2) is 15.0 Å². The molecule has 6 aromatic rings. The Labute approximate surface area is 268 Å². The second-order valence-corrected chi connectivity index (χ2v) is 12.9. The maximum atomic E-state index is 4.98. The molecule has 0 unspecified atom stereocenters. The molecule has 4 nitrogen and oxygen atoms in total. The Bertz CT molecular complexity index is 1800. The monoisotopic (exact) mass is 740 g/mol. The van der Waals surface area contributed by atoms with Gasteiger partial charge in [-0.2, -0.15) is 0 Å². The molecule has 0 saturated carbocycles. The summed E-state index contributed by atoms with van der Waals surface area (Å²) in [6.07, 6.45) is 1.91. The van der Waals surface area contributed by atoms with E-state index in [0.29, 0.717) is 17.5 Å². The molecule has 0 aliphatic carbocycles.